The summed E-state index contributed by atoms with van der Waals surface area (Å²) in [5, 5.41) is 3.85. The molecule has 16 heavy (non-hydrogen) atoms. The lowest BCUT2D eigenvalue weighted by atomic mass is 10.2. The highest BCUT2D eigenvalue weighted by Crippen LogP contribution is 2.13. The number of hydrogen-bond acceptors (Lipinski definition) is 3. The average molecular weight is 242 g/mol. The maximum Gasteiger partial charge on any atom is 0.310 e. The molecule has 1 unspecified atom stereocenters. The summed E-state index contributed by atoms with van der Waals surface area (Å²) in [4.78, 5) is 11.3. The third kappa shape index (κ3) is 4.11. The third-order valence-electron chi connectivity index (χ3n) is 2.15. The van der Waals surface area contributed by atoms with E-state index in [4.69, 9.17) is 16.3 Å². The highest BCUT2D eigenvalue weighted by atomic mass is 35.5. The number of ether oxygens (including phenoxy) is 1. The van der Waals surface area contributed by atoms with Crippen molar-refractivity contribution in [2.75, 3.05) is 18.5 Å². The quantitative estimate of drug-likeness (QED) is 0.806. The van der Waals surface area contributed by atoms with E-state index in [0.717, 1.165) is 5.69 Å². The molecule has 1 aromatic rings. The minimum atomic E-state index is -0.177. The zero-order chi connectivity index (χ0) is 12.0. The Morgan fingerprint density at radius 3 is 2.62 bits per heavy atom. The number of hydrogen-bond donors (Lipinski definition) is 1. The Morgan fingerprint density at radius 1 is 1.44 bits per heavy atom. The van der Waals surface area contributed by atoms with Crippen LogP contribution in [0.4, 0.5) is 5.69 Å². The highest BCUT2D eigenvalue weighted by Gasteiger charge is 2.12. The van der Waals surface area contributed by atoms with Crippen molar-refractivity contribution >= 4 is 23.3 Å². The normalized spacial score (nSPS) is 11.9. The topological polar surface area (TPSA) is 38.3 Å². The minimum Gasteiger partial charge on any atom is -0.466 e. The summed E-state index contributed by atoms with van der Waals surface area (Å²) in [6.45, 7) is 4.61. The maximum absolute atomic E-state index is 11.3. The molecule has 0 aliphatic carbocycles. The van der Waals surface area contributed by atoms with Crippen LogP contribution >= 0.6 is 11.6 Å². The molecule has 88 valence electrons. The van der Waals surface area contributed by atoms with Gasteiger partial charge in [0.2, 0.25) is 0 Å². The predicted octanol–water partition coefficient (Wildman–Crippen LogP) is 2.95. The molecule has 0 heterocycles. The van der Waals surface area contributed by atoms with Crippen molar-refractivity contribution in [3.63, 3.8) is 0 Å². The Kier molecular flexibility index (Phi) is 5.12. The van der Waals surface area contributed by atoms with Gasteiger partial charge in [-0.2, -0.15) is 0 Å². The van der Waals surface area contributed by atoms with E-state index in [1.807, 2.05) is 19.1 Å². The SMILES string of the molecule is CCOC(=O)C(C)CNc1ccc(Cl)cc1. The molecular weight excluding hydrogens is 226 g/mol. The van der Waals surface area contributed by atoms with Crippen molar-refractivity contribution in [1.29, 1.82) is 0 Å². The Balaban J connectivity index is 2.39. The summed E-state index contributed by atoms with van der Waals surface area (Å²) in [7, 11) is 0. The Morgan fingerprint density at radius 2 is 2.06 bits per heavy atom. The molecule has 1 atom stereocenters. The number of rotatable bonds is 5. The van der Waals surface area contributed by atoms with Crippen LogP contribution in [0.1, 0.15) is 13.8 Å². The molecule has 0 bridgehead atoms. The lowest BCUT2D eigenvalue weighted by Gasteiger charge is -2.12. The molecule has 0 radical (unpaired) electrons. The molecule has 0 amide bonds. The molecule has 0 aliphatic heterocycles. The number of benzene rings is 1. The van der Waals surface area contributed by atoms with E-state index in [2.05, 4.69) is 5.32 Å². The van der Waals surface area contributed by atoms with E-state index in [0.29, 0.717) is 18.2 Å². The van der Waals surface area contributed by atoms with Gasteiger partial charge in [-0.3, -0.25) is 4.79 Å². The molecule has 0 saturated heterocycles. The fourth-order valence-electron chi connectivity index (χ4n) is 1.21. The molecule has 1 N–H and O–H groups in total. The minimum absolute atomic E-state index is 0.157. The molecule has 3 nitrogen and oxygen atoms in total. The second-order valence-corrected chi connectivity index (χ2v) is 3.98. The molecule has 0 aromatic heterocycles. The highest BCUT2D eigenvalue weighted by molar-refractivity contribution is 6.30. The summed E-state index contributed by atoms with van der Waals surface area (Å²) in [5.41, 5.74) is 0.945. The molecule has 0 aliphatic rings. The van der Waals surface area contributed by atoms with Gasteiger partial charge in [0, 0.05) is 17.3 Å². The van der Waals surface area contributed by atoms with E-state index < -0.39 is 0 Å². The first-order valence-electron chi connectivity index (χ1n) is 5.29. The lowest BCUT2D eigenvalue weighted by molar-refractivity contribution is -0.146. The van der Waals surface area contributed by atoms with Gasteiger partial charge in [-0.25, -0.2) is 0 Å². The van der Waals surface area contributed by atoms with E-state index in [9.17, 15) is 4.79 Å². The smallest absolute Gasteiger partial charge is 0.310 e. The lowest BCUT2D eigenvalue weighted by Crippen LogP contribution is -2.22. The van der Waals surface area contributed by atoms with Crippen LogP contribution < -0.4 is 5.32 Å². The van der Waals surface area contributed by atoms with Crippen LogP contribution in [-0.4, -0.2) is 19.1 Å². The van der Waals surface area contributed by atoms with E-state index in [1.165, 1.54) is 0 Å². The van der Waals surface area contributed by atoms with Gasteiger partial charge in [0.15, 0.2) is 0 Å². The third-order valence-corrected chi connectivity index (χ3v) is 2.40. The van der Waals surface area contributed by atoms with Gasteiger partial charge in [-0.15, -0.1) is 0 Å². The first-order chi connectivity index (χ1) is 7.63. The van der Waals surface area contributed by atoms with Gasteiger partial charge in [-0.1, -0.05) is 18.5 Å². The molecule has 1 rings (SSSR count). The van der Waals surface area contributed by atoms with Crippen LogP contribution in [0.3, 0.4) is 0 Å². The standard InChI is InChI=1S/C12H16ClNO2/c1-3-16-12(15)9(2)8-14-11-6-4-10(13)5-7-11/h4-7,9,14H,3,8H2,1-2H3. The summed E-state index contributed by atoms with van der Waals surface area (Å²) in [6, 6.07) is 7.36. The maximum atomic E-state index is 11.3. The number of esters is 1. The van der Waals surface area contributed by atoms with E-state index in [-0.39, 0.29) is 11.9 Å². The Labute approximate surface area is 101 Å². The van der Waals surface area contributed by atoms with E-state index in [1.54, 1.807) is 19.1 Å². The molecule has 0 spiro atoms. The first-order valence-corrected chi connectivity index (χ1v) is 5.67. The number of anilines is 1. The zero-order valence-electron chi connectivity index (χ0n) is 9.50. The molecule has 0 fully saturated rings. The second kappa shape index (κ2) is 6.38. The molecule has 4 heteroatoms. The van der Waals surface area contributed by atoms with Crippen molar-refractivity contribution in [2.24, 2.45) is 5.92 Å². The molecular formula is C12H16ClNO2. The van der Waals surface area contributed by atoms with Crippen LogP contribution in [0.5, 0.6) is 0 Å². The number of nitrogens with one attached hydrogen (secondary N) is 1. The van der Waals surface area contributed by atoms with Crippen LogP contribution in [0.2, 0.25) is 5.02 Å². The number of carbonyl (C=O) groups is 1. The van der Waals surface area contributed by atoms with Gasteiger partial charge in [0.05, 0.1) is 12.5 Å². The summed E-state index contributed by atoms with van der Waals surface area (Å²) < 4.78 is 4.91. The Bertz CT molecular complexity index is 337. The molecule has 0 saturated carbocycles. The van der Waals surface area contributed by atoms with Crippen LogP contribution in [0, 0.1) is 5.92 Å². The van der Waals surface area contributed by atoms with Gasteiger partial charge < -0.3 is 10.1 Å². The average Bonchev–Trinajstić information content (AvgIpc) is 2.28. The second-order valence-electron chi connectivity index (χ2n) is 3.54. The van der Waals surface area contributed by atoms with Crippen molar-refractivity contribution in [1.82, 2.24) is 0 Å². The van der Waals surface area contributed by atoms with Crippen LogP contribution in [-0.2, 0) is 9.53 Å². The summed E-state index contributed by atoms with van der Waals surface area (Å²) in [5.74, 6) is -0.334. The predicted molar refractivity (Wildman–Crippen MR) is 65.7 cm³/mol. The van der Waals surface area contributed by atoms with Crippen molar-refractivity contribution < 1.29 is 9.53 Å². The molecule has 1 aromatic carbocycles. The van der Waals surface area contributed by atoms with Crippen LogP contribution in [0.25, 0.3) is 0 Å². The number of halogens is 1. The van der Waals surface area contributed by atoms with Gasteiger partial charge >= 0.3 is 5.97 Å². The summed E-state index contributed by atoms with van der Waals surface area (Å²) >= 11 is 5.76. The van der Waals surface area contributed by atoms with Crippen molar-refractivity contribution in [2.45, 2.75) is 13.8 Å². The van der Waals surface area contributed by atoms with Crippen LogP contribution in [0.15, 0.2) is 24.3 Å². The van der Waals surface area contributed by atoms with Gasteiger partial charge in [0.25, 0.3) is 0 Å². The first kappa shape index (κ1) is 12.8. The monoisotopic (exact) mass is 241 g/mol. The Hall–Kier alpha value is -1.22. The fraction of sp³-hybridized carbons (Fsp3) is 0.417. The summed E-state index contributed by atoms with van der Waals surface area (Å²) in [6.07, 6.45) is 0. The van der Waals surface area contributed by atoms with Crippen molar-refractivity contribution in [3.8, 4) is 0 Å². The van der Waals surface area contributed by atoms with Gasteiger partial charge in [0.1, 0.15) is 0 Å². The van der Waals surface area contributed by atoms with E-state index >= 15 is 0 Å². The zero-order valence-corrected chi connectivity index (χ0v) is 10.3. The fourth-order valence-corrected chi connectivity index (χ4v) is 1.33. The number of carbonyl (C=O) groups excluding carboxylic acids is 1. The van der Waals surface area contributed by atoms with Crippen molar-refractivity contribution in [3.05, 3.63) is 29.3 Å². The largest absolute Gasteiger partial charge is 0.466 e. The van der Waals surface area contributed by atoms with Gasteiger partial charge in [-0.05, 0) is 31.2 Å².